The Bertz CT molecular complexity index is 283. The van der Waals surface area contributed by atoms with Crippen molar-refractivity contribution < 1.29 is 14.6 Å². The van der Waals surface area contributed by atoms with Crippen LogP contribution in [0.5, 0.6) is 0 Å². The fraction of sp³-hybridized carbons (Fsp3) is 0.846. The van der Waals surface area contributed by atoms with E-state index in [4.69, 9.17) is 9.53 Å². The van der Waals surface area contributed by atoms with E-state index in [1.165, 1.54) is 0 Å². The van der Waals surface area contributed by atoms with Crippen molar-refractivity contribution in [2.24, 2.45) is 5.92 Å². The first-order chi connectivity index (χ1) is 7.65. The van der Waals surface area contributed by atoms with Gasteiger partial charge < -0.3 is 14.6 Å². The van der Waals surface area contributed by atoms with Gasteiger partial charge in [0.1, 0.15) is 0 Å². The largest absolute Gasteiger partial charge is 0.415 e. The minimum absolute atomic E-state index is 0.140. The first kappa shape index (κ1) is 16.7. The molecule has 0 aliphatic carbocycles. The molecule has 0 aromatic rings. The molecule has 0 aromatic heterocycles. The van der Waals surface area contributed by atoms with Crippen LogP contribution in [0.3, 0.4) is 0 Å². The molecule has 0 aliphatic heterocycles. The van der Waals surface area contributed by atoms with Gasteiger partial charge in [-0.15, -0.1) is 5.92 Å². The highest BCUT2D eigenvalue weighted by Gasteiger charge is 2.37. The van der Waals surface area contributed by atoms with E-state index in [2.05, 4.69) is 45.7 Å². The van der Waals surface area contributed by atoms with E-state index in [0.717, 1.165) is 0 Å². The lowest BCUT2D eigenvalue weighted by molar-refractivity contribution is 0.0466. The van der Waals surface area contributed by atoms with E-state index in [-0.39, 0.29) is 17.6 Å². The fourth-order valence-corrected chi connectivity index (χ4v) is 2.11. The summed E-state index contributed by atoms with van der Waals surface area (Å²) in [5.41, 5.74) is 0. The number of hydrogen-bond donors (Lipinski definition) is 2. The number of aliphatic hydroxyl groups excluding tert-OH is 2. The van der Waals surface area contributed by atoms with E-state index in [1.807, 2.05) is 0 Å². The molecule has 100 valence electrons. The monoisotopic (exact) mass is 258 g/mol. The molecule has 0 saturated carbocycles. The third-order valence-electron chi connectivity index (χ3n) is 3.41. The third-order valence-corrected chi connectivity index (χ3v) is 7.91. The van der Waals surface area contributed by atoms with Crippen molar-refractivity contribution in [1.29, 1.82) is 0 Å². The highest BCUT2D eigenvalue weighted by atomic mass is 28.4. The molecule has 0 rings (SSSR count). The van der Waals surface area contributed by atoms with Gasteiger partial charge in [-0.1, -0.05) is 26.7 Å². The summed E-state index contributed by atoms with van der Waals surface area (Å²) in [6.45, 7) is 12.7. The van der Waals surface area contributed by atoms with Crippen LogP contribution in [0.4, 0.5) is 0 Å². The van der Waals surface area contributed by atoms with Crippen molar-refractivity contribution in [2.45, 2.75) is 51.9 Å². The molecule has 4 heteroatoms. The minimum atomic E-state index is -1.82. The summed E-state index contributed by atoms with van der Waals surface area (Å²) in [7, 11) is -1.82. The van der Waals surface area contributed by atoms with Gasteiger partial charge in [-0.3, -0.25) is 0 Å². The Labute approximate surface area is 106 Å². The van der Waals surface area contributed by atoms with Crippen LogP contribution in [0, 0.1) is 17.8 Å². The van der Waals surface area contributed by atoms with Crippen molar-refractivity contribution in [1.82, 2.24) is 0 Å². The Morgan fingerprint density at radius 1 is 1.29 bits per heavy atom. The van der Waals surface area contributed by atoms with E-state index in [9.17, 15) is 5.11 Å². The molecule has 0 fully saturated rings. The summed E-state index contributed by atoms with van der Waals surface area (Å²) in [5, 5.41) is 18.7. The average molecular weight is 258 g/mol. The molecule has 0 amide bonds. The second-order valence-electron chi connectivity index (χ2n) is 5.82. The zero-order chi connectivity index (χ0) is 13.7. The average Bonchev–Trinajstić information content (AvgIpc) is 2.21. The van der Waals surface area contributed by atoms with Gasteiger partial charge in [0.15, 0.2) is 8.32 Å². The summed E-state index contributed by atoms with van der Waals surface area (Å²) in [6, 6.07) is 0. The molecule has 0 bridgehead atoms. The lowest BCUT2D eigenvalue weighted by Gasteiger charge is -2.37. The Balaban J connectivity index is 4.54. The summed E-state index contributed by atoms with van der Waals surface area (Å²) in [5.74, 6) is 5.36. The quantitative estimate of drug-likeness (QED) is 0.586. The van der Waals surface area contributed by atoms with Crippen LogP contribution in [-0.4, -0.2) is 37.8 Å². The van der Waals surface area contributed by atoms with Gasteiger partial charge in [0, 0.05) is 0 Å². The van der Waals surface area contributed by atoms with E-state index < -0.39 is 14.4 Å². The minimum Gasteiger partial charge on any atom is -0.415 e. The molecule has 0 radical (unpaired) electrons. The standard InChI is InChI=1S/C13H26O3Si/c1-7-8-11(12(15)9-14)10-16-17(5,6)13(2,3)4/h11-12,14-15H,9-10H2,1-6H3/t11-,12+/m1/s1. The maximum absolute atomic E-state index is 9.63. The van der Waals surface area contributed by atoms with Crippen LogP contribution < -0.4 is 0 Å². The molecule has 2 N–H and O–H groups in total. The maximum Gasteiger partial charge on any atom is 0.192 e. The van der Waals surface area contributed by atoms with Crippen LogP contribution in [0.25, 0.3) is 0 Å². The molecule has 0 aromatic carbocycles. The SMILES string of the molecule is CC#C[C@H](CO[Si](C)(C)C(C)(C)C)[C@@H](O)CO. The fourth-order valence-electron chi connectivity index (χ4n) is 1.08. The molecular weight excluding hydrogens is 232 g/mol. The van der Waals surface area contributed by atoms with Crippen molar-refractivity contribution in [3.05, 3.63) is 0 Å². The topological polar surface area (TPSA) is 49.7 Å². The van der Waals surface area contributed by atoms with E-state index >= 15 is 0 Å². The van der Waals surface area contributed by atoms with Gasteiger partial charge in [0.05, 0.1) is 25.2 Å². The highest BCUT2D eigenvalue weighted by Crippen LogP contribution is 2.36. The summed E-state index contributed by atoms with van der Waals surface area (Å²) in [4.78, 5) is 0. The first-order valence-electron chi connectivity index (χ1n) is 6.01. The van der Waals surface area contributed by atoms with Crippen LogP contribution in [0.1, 0.15) is 27.7 Å². The third kappa shape index (κ3) is 5.22. The van der Waals surface area contributed by atoms with Crippen LogP contribution in [0.15, 0.2) is 0 Å². The van der Waals surface area contributed by atoms with E-state index in [1.54, 1.807) is 6.92 Å². The van der Waals surface area contributed by atoms with Crippen molar-refractivity contribution in [3.63, 3.8) is 0 Å². The Hall–Kier alpha value is -0.343. The maximum atomic E-state index is 9.63. The lowest BCUT2D eigenvalue weighted by Crippen LogP contribution is -2.43. The lowest BCUT2D eigenvalue weighted by atomic mass is 10.1. The van der Waals surface area contributed by atoms with E-state index in [0.29, 0.717) is 6.61 Å². The molecule has 0 saturated heterocycles. The molecule has 0 heterocycles. The van der Waals surface area contributed by atoms with Gasteiger partial charge in [-0.25, -0.2) is 0 Å². The Kier molecular flexibility index (Phi) is 6.42. The zero-order valence-electron chi connectivity index (χ0n) is 11.9. The van der Waals surface area contributed by atoms with Gasteiger partial charge in [0.25, 0.3) is 0 Å². The van der Waals surface area contributed by atoms with Gasteiger partial charge in [0.2, 0.25) is 0 Å². The predicted molar refractivity (Wildman–Crippen MR) is 73.2 cm³/mol. The second-order valence-corrected chi connectivity index (χ2v) is 10.6. The van der Waals surface area contributed by atoms with Crippen LogP contribution >= 0.6 is 0 Å². The summed E-state index contributed by atoms with van der Waals surface area (Å²) < 4.78 is 6.00. The highest BCUT2D eigenvalue weighted by molar-refractivity contribution is 6.74. The zero-order valence-corrected chi connectivity index (χ0v) is 12.9. The molecular formula is C13H26O3Si. The predicted octanol–water partition coefficient (Wildman–Crippen LogP) is 2.00. The van der Waals surface area contributed by atoms with Gasteiger partial charge >= 0.3 is 0 Å². The van der Waals surface area contributed by atoms with Crippen LogP contribution in [0.2, 0.25) is 18.1 Å². The molecule has 0 unspecified atom stereocenters. The second kappa shape index (κ2) is 6.55. The molecule has 2 atom stereocenters. The first-order valence-corrected chi connectivity index (χ1v) is 8.91. The normalized spacial score (nSPS) is 16.0. The van der Waals surface area contributed by atoms with Gasteiger partial charge in [-0.2, -0.15) is 0 Å². The van der Waals surface area contributed by atoms with Crippen LogP contribution in [-0.2, 0) is 4.43 Å². The molecule has 0 aliphatic rings. The Morgan fingerprint density at radius 3 is 2.18 bits per heavy atom. The molecule has 3 nitrogen and oxygen atoms in total. The summed E-state index contributed by atoms with van der Waals surface area (Å²) in [6.07, 6.45) is -0.827. The number of hydrogen-bond acceptors (Lipinski definition) is 3. The smallest absolute Gasteiger partial charge is 0.192 e. The van der Waals surface area contributed by atoms with Gasteiger partial charge in [-0.05, 0) is 25.1 Å². The Morgan fingerprint density at radius 2 is 1.82 bits per heavy atom. The molecule has 0 spiro atoms. The summed E-state index contributed by atoms with van der Waals surface area (Å²) >= 11 is 0. The number of aliphatic hydroxyl groups is 2. The molecule has 17 heavy (non-hydrogen) atoms. The van der Waals surface area contributed by atoms with Crippen molar-refractivity contribution in [2.75, 3.05) is 13.2 Å². The van der Waals surface area contributed by atoms with Crippen molar-refractivity contribution >= 4 is 8.32 Å². The van der Waals surface area contributed by atoms with Crippen molar-refractivity contribution in [3.8, 4) is 11.8 Å². The number of rotatable bonds is 5.